The molecular formula is C44H49N9O7. The van der Waals surface area contributed by atoms with Gasteiger partial charge in [-0.15, -0.1) is 0 Å². The smallest absolute Gasteiger partial charge is 0.407 e. The van der Waals surface area contributed by atoms with E-state index >= 15 is 0 Å². The molecule has 5 aromatic rings. The number of primary amides is 1. The largest absolute Gasteiger partial charge is 0.453 e. The van der Waals surface area contributed by atoms with E-state index in [1.165, 1.54) is 14.2 Å². The number of ketones is 1. The predicted octanol–water partition coefficient (Wildman–Crippen LogP) is 5.59. The maximum absolute atomic E-state index is 14.0. The lowest BCUT2D eigenvalue weighted by atomic mass is 9.79. The van der Waals surface area contributed by atoms with Crippen LogP contribution in [-0.2, 0) is 32.0 Å². The molecule has 0 saturated carbocycles. The van der Waals surface area contributed by atoms with Gasteiger partial charge in [0.1, 0.15) is 29.2 Å². The lowest BCUT2D eigenvalue weighted by molar-refractivity contribution is -0.135. The molecule has 8 rings (SSSR count). The summed E-state index contributed by atoms with van der Waals surface area (Å²) in [6.45, 7) is 4.69. The van der Waals surface area contributed by atoms with Gasteiger partial charge in [-0.3, -0.25) is 14.4 Å². The summed E-state index contributed by atoms with van der Waals surface area (Å²) >= 11 is 0. The lowest BCUT2D eigenvalue weighted by Crippen LogP contribution is -2.51. The average molecular weight is 816 g/mol. The summed E-state index contributed by atoms with van der Waals surface area (Å²) in [5, 5.41) is 5.53. The maximum Gasteiger partial charge on any atom is 0.407 e. The number of benzene rings is 2. The van der Waals surface area contributed by atoms with Gasteiger partial charge in [-0.2, -0.15) is 0 Å². The number of hydrogen-bond acceptors (Lipinski definition) is 9. The topological polar surface area (TPSA) is 219 Å². The SMILES string of the molecule is COC(=O)N[C@H]1CCc2cc(C(N)=O)n3c2C1C(=O)C[C@H](c1ncc(-c2ccc(-c4ccc(-c5cnc([C@H]6CCCN6C(=O)[C@H](NC(=O)OC)C(C)C)[nH]5)cc4)cc2)[nH]1)C3. The first-order valence-corrected chi connectivity index (χ1v) is 20.3. The molecule has 6 N–H and O–H groups in total. The highest BCUT2D eigenvalue weighted by atomic mass is 16.5. The number of amides is 4. The van der Waals surface area contributed by atoms with Crippen LogP contribution in [0.1, 0.15) is 90.8 Å². The number of imidazole rings is 2. The number of Topliss-reactive ketones (excluding diaryl/α,β-unsaturated/α-hetero) is 1. The number of ether oxygens (including phenoxy) is 2. The van der Waals surface area contributed by atoms with Gasteiger partial charge in [0.05, 0.1) is 50.0 Å². The van der Waals surface area contributed by atoms with Crippen LogP contribution in [0.2, 0.25) is 0 Å². The number of aromatic amines is 2. The number of nitrogens with zero attached hydrogens (tertiary/aromatic N) is 4. The number of carbonyl (C=O) groups is 5. The van der Waals surface area contributed by atoms with Crippen LogP contribution in [0.4, 0.5) is 9.59 Å². The first-order chi connectivity index (χ1) is 28.9. The van der Waals surface area contributed by atoms with Gasteiger partial charge in [0.15, 0.2) is 0 Å². The quantitative estimate of drug-likeness (QED) is 0.119. The van der Waals surface area contributed by atoms with Crippen molar-refractivity contribution in [3.8, 4) is 33.6 Å². The number of nitrogens with two attached hydrogens (primary N) is 1. The number of aryl methyl sites for hydroxylation is 1. The van der Waals surface area contributed by atoms with Gasteiger partial charge in [-0.05, 0) is 65.5 Å². The first kappa shape index (κ1) is 40.1. The monoisotopic (exact) mass is 815 g/mol. The number of likely N-dealkylation sites (tertiary alicyclic amines) is 1. The molecule has 1 fully saturated rings. The zero-order chi connectivity index (χ0) is 42.2. The Labute approximate surface area is 346 Å². The van der Waals surface area contributed by atoms with Gasteiger partial charge in [0.2, 0.25) is 5.91 Å². The van der Waals surface area contributed by atoms with Crippen molar-refractivity contribution in [1.29, 1.82) is 0 Å². The summed E-state index contributed by atoms with van der Waals surface area (Å²) in [7, 11) is 2.57. The Kier molecular flexibility index (Phi) is 11.0. The van der Waals surface area contributed by atoms with E-state index < -0.39 is 36.1 Å². The van der Waals surface area contributed by atoms with E-state index in [4.69, 9.17) is 20.2 Å². The lowest BCUT2D eigenvalue weighted by Gasteiger charge is -2.31. The van der Waals surface area contributed by atoms with Crippen molar-refractivity contribution in [2.45, 2.75) is 82.5 Å². The molecule has 5 heterocycles. The number of rotatable bonds is 10. The van der Waals surface area contributed by atoms with Crippen LogP contribution >= 0.6 is 0 Å². The fourth-order valence-electron chi connectivity index (χ4n) is 9.06. The molecule has 0 radical (unpaired) electrons. The molecule has 60 heavy (non-hydrogen) atoms. The number of hydrogen-bond donors (Lipinski definition) is 5. The number of carbonyl (C=O) groups excluding carboxylic acids is 5. The van der Waals surface area contributed by atoms with Crippen LogP contribution in [0.3, 0.4) is 0 Å². The maximum atomic E-state index is 14.0. The molecule has 0 bridgehead atoms. The van der Waals surface area contributed by atoms with Crippen LogP contribution in [0.5, 0.6) is 0 Å². The molecule has 1 unspecified atom stereocenters. The Bertz CT molecular complexity index is 2430. The standard InChI is InChI=1S/C44H49N9O7/c1-23(2)37(51-44(58)60-4)42(56)52-17-5-6-33(52)41-47-21-32(49-41)27-13-9-25(10-14-27)24-7-11-26(12-8-24)31-20-46-40(48-31)29-19-35(54)36-30(50-43(57)59-3)16-15-28-18-34(39(45)55)53(22-29)38(28)36/h7-14,18,20-21,23,29-30,33,36-37H,5-6,15-17,19,22H2,1-4H3,(H2,45,55)(H,46,48)(H,47,49)(H,50,57)(H,51,58)/t29-,30-,33+,36?,37+/m0/s1. The average Bonchev–Trinajstić information content (AvgIpc) is 4.08. The van der Waals surface area contributed by atoms with E-state index in [1.807, 2.05) is 54.8 Å². The molecule has 1 aliphatic carbocycles. The minimum Gasteiger partial charge on any atom is -0.453 e. The highest BCUT2D eigenvalue weighted by molar-refractivity contribution is 5.94. The fourth-order valence-corrected chi connectivity index (χ4v) is 9.06. The molecule has 312 valence electrons. The normalized spacial score (nSPS) is 20.3. The Morgan fingerprint density at radius 2 is 1.45 bits per heavy atom. The Hall–Kier alpha value is -6.71. The third-order valence-electron chi connectivity index (χ3n) is 12.1. The van der Waals surface area contributed by atoms with E-state index in [2.05, 4.69) is 37.7 Å². The van der Waals surface area contributed by atoms with Crippen molar-refractivity contribution >= 4 is 29.8 Å². The van der Waals surface area contributed by atoms with Gasteiger partial charge < -0.3 is 45.3 Å². The summed E-state index contributed by atoms with van der Waals surface area (Å²) in [5.41, 5.74) is 13.3. The second-order valence-electron chi connectivity index (χ2n) is 16.1. The van der Waals surface area contributed by atoms with E-state index in [9.17, 15) is 24.0 Å². The van der Waals surface area contributed by atoms with E-state index in [0.717, 1.165) is 57.7 Å². The second kappa shape index (κ2) is 16.5. The van der Waals surface area contributed by atoms with Crippen LogP contribution in [0.15, 0.2) is 67.0 Å². The summed E-state index contributed by atoms with van der Waals surface area (Å²) < 4.78 is 11.4. The summed E-state index contributed by atoms with van der Waals surface area (Å²) in [6, 6.07) is 16.7. The Morgan fingerprint density at radius 1 is 0.850 bits per heavy atom. The molecule has 2 aliphatic heterocycles. The van der Waals surface area contributed by atoms with Crippen molar-refractivity contribution in [2.75, 3.05) is 20.8 Å². The number of aromatic nitrogens is 5. The van der Waals surface area contributed by atoms with Crippen molar-refractivity contribution in [2.24, 2.45) is 11.7 Å². The Balaban J connectivity index is 0.954. The minimum atomic E-state index is -0.702. The molecule has 0 spiro atoms. The molecule has 3 aromatic heterocycles. The van der Waals surface area contributed by atoms with Crippen molar-refractivity contribution in [1.82, 2.24) is 40.0 Å². The molecule has 16 heteroatoms. The summed E-state index contributed by atoms with van der Waals surface area (Å²) in [4.78, 5) is 82.3. The van der Waals surface area contributed by atoms with E-state index in [-0.39, 0.29) is 36.0 Å². The fraction of sp³-hybridized carbons (Fsp3) is 0.386. The van der Waals surface area contributed by atoms with Crippen LogP contribution in [0.25, 0.3) is 33.6 Å². The third-order valence-corrected chi connectivity index (χ3v) is 12.1. The van der Waals surface area contributed by atoms with Crippen LogP contribution in [0, 0.1) is 5.92 Å². The predicted molar refractivity (Wildman–Crippen MR) is 221 cm³/mol. The van der Waals surface area contributed by atoms with Crippen molar-refractivity contribution in [3.63, 3.8) is 0 Å². The van der Waals surface area contributed by atoms with Gasteiger partial charge in [0.25, 0.3) is 5.91 Å². The molecule has 1 saturated heterocycles. The summed E-state index contributed by atoms with van der Waals surface area (Å²) in [5.74, 6) is -0.563. The Morgan fingerprint density at radius 3 is 2.05 bits per heavy atom. The minimum absolute atomic E-state index is 0.0462. The first-order valence-electron chi connectivity index (χ1n) is 20.3. The molecule has 16 nitrogen and oxygen atoms in total. The van der Waals surface area contributed by atoms with Crippen molar-refractivity contribution in [3.05, 3.63) is 95.6 Å². The van der Waals surface area contributed by atoms with Crippen LogP contribution in [-0.4, -0.2) is 92.0 Å². The molecular weight excluding hydrogens is 767 g/mol. The van der Waals surface area contributed by atoms with E-state index in [0.29, 0.717) is 43.3 Å². The van der Waals surface area contributed by atoms with Gasteiger partial charge in [0, 0.05) is 37.2 Å². The molecule has 2 aromatic carbocycles. The van der Waals surface area contributed by atoms with Gasteiger partial charge in [-0.25, -0.2) is 19.6 Å². The zero-order valence-corrected chi connectivity index (χ0v) is 34.0. The number of methoxy groups -OCH3 is 2. The number of alkyl carbamates (subject to hydrolysis) is 2. The highest BCUT2D eigenvalue weighted by Crippen LogP contribution is 2.41. The van der Waals surface area contributed by atoms with Crippen molar-refractivity contribution < 1.29 is 33.4 Å². The van der Waals surface area contributed by atoms with E-state index in [1.54, 1.807) is 23.4 Å². The third kappa shape index (κ3) is 7.64. The highest BCUT2D eigenvalue weighted by Gasteiger charge is 2.43. The summed E-state index contributed by atoms with van der Waals surface area (Å²) in [6.07, 6.45) is 5.19. The second-order valence-corrected chi connectivity index (χ2v) is 16.1. The molecule has 5 atom stereocenters. The number of nitrogens with one attached hydrogen (secondary N) is 4. The van der Waals surface area contributed by atoms with Gasteiger partial charge >= 0.3 is 12.2 Å². The van der Waals surface area contributed by atoms with Gasteiger partial charge in [-0.1, -0.05) is 62.4 Å². The zero-order valence-electron chi connectivity index (χ0n) is 34.0. The molecule has 3 aliphatic rings. The number of H-pyrrole nitrogens is 2. The van der Waals surface area contributed by atoms with Crippen LogP contribution < -0.4 is 16.4 Å². The molecule has 4 amide bonds.